The number of aryl methyl sites for hydroxylation is 1. The monoisotopic (exact) mass is 275 g/mol. The molecule has 2 aromatic rings. The molecule has 0 spiro atoms. The van der Waals surface area contributed by atoms with Crippen molar-refractivity contribution >= 4 is 17.7 Å². The van der Waals surface area contributed by atoms with Gasteiger partial charge in [-0.2, -0.15) is 0 Å². The Morgan fingerprint density at radius 2 is 2.11 bits per heavy atom. The minimum atomic E-state index is 0.937. The van der Waals surface area contributed by atoms with Crippen molar-refractivity contribution in [3.63, 3.8) is 0 Å². The number of thioether (sulfide) groups is 1. The van der Waals surface area contributed by atoms with E-state index in [-0.39, 0.29) is 0 Å². The second-order valence-electron chi connectivity index (χ2n) is 4.53. The summed E-state index contributed by atoms with van der Waals surface area (Å²) in [5.74, 6) is 0.937. The number of nitrogens with one attached hydrogen (secondary N) is 1. The summed E-state index contributed by atoms with van der Waals surface area (Å²) < 4.78 is 2.15. The first-order valence-electron chi connectivity index (χ1n) is 6.69. The van der Waals surface area contributed by atoms with Gasteiger partial charge >= 0.3 is 0 Å². The van der Waals surface area contributed by atoms with Crippen LogP contribution in [0, 0.1) is 6.92 Å². The zero-order valence-electron chi connectivity index (χ0n) is 11.8. The number of aromatic nitrogens is 2. The average Bonchev–Trinajstić information content (AvgIpc) is 2.80. The maximum absolute atomic E-state index is 4.58. The summed E-state index contributed by atoms with van der Waals surface area (Å²) >= 11 is 1.76. The summed E-state index contributed by atoms with van der Waals surface area (Å²) in [7, 11) is 0. The van der Waals surface area contributed by atoms with Crippen LogP contribution >= 0.6 is 11.8 Å². The number of anilines is 1. The third-order valence-corrected chi connectivity index (χ3v) is 3.77. The molecule has 0 saturated heterocycles. The van der Waals surface area contributed by atoms with Crippen LogP contribution in [-0.4, -0.2) is 22.4 Å². The fraction of sp³-hybridized carbons (Fsp3) is 0.400. The standard InChI is InChI=1S/C15H21N3S/c1-4-5-10-16-15-17-12(2)11-18(15)13-8-6-7-9-14(13)19-3/h6-9,11H,4-5,10H2,1-3H3,(H,16,17). The van der Waals surface area contributed by atoms with Crippen LogP contribution in [0.1, 0.15) is 25.5 Å². The van der Waals surface area contributed by atoms with E-state index in [1.54, 1.807) is 11.8 Å². The van der Waals surface area contributed by atoms with Crippen LogP contribution in [0.3, 0.4) is 0 Å². The Morgan fingerprint density at radius 1 is 1.32 bits per heavy atom. The van der Waals surface area contributed by atoms with Crippen LogP contribution in [0.4, 0.5) is 5.95 Å². The van der Waals surface area contributed by atoms with Gasteiger partial charge in [0.1, 0.15) is 0 Å². The summed E-state index contributed by atoms with van der Waals surface area (Å²) in [4.78, 5) is 5.84. The molecule has 1 aromatic heterocycles. The molecule has 1 N–H and O–H groups in total. The average molecular weight is 275 g/mol. The highest BCUT2D eigenvalue weighted by Crippen LogP contribution is 2.26. The Labute approximate surface area is 119 Å². The van der Waals surface area contributed by atoms with Crippen molar-refractivity contribution in [1.29, 1.82) is 0 Å². The lowest BCUT2D eigenvalue weighted by atomic mass is 10.3. The predicted molar refractivity (Wildman–Crippen MR) is 83.5 cm³/mol. The highest BCUT2D eigenvalue weighted by Gasteiger charge is 2.09. The maximum atomic E-state index is 4.58. The summed E-state index contributed by atoms with van der Waals surface area (Å²) in [6.07, 6.45) is 6.54. The highest BCUT2D eigenvalue weighted by molar-refractivity contribution is 7.98. The number of unbranched alkanes of at least 4 members (excludes halogenated alkanes) is 1. The maximum Gasteiger partial charge on any atom is 0.207 e. The van der Waals surface area contributed by atoms with Gasteiger partial charge < -0.3 is 5.32 Å². The zero-order chi connectivity index (χ0) is 13.7. The van der Waals surface area contributed by atoms with E-state index in [4.69, 9.17) is 0 Å². The third-order valence-electron chi connectivity index (χ3n) is 2.98. The van der Waals surface area contributed by atoms with Crippen molar-refractivity contribution in [3.8, 4) is 5.69 Å². The molecule has 1 heterocycles. The smallest absolute Gasteiger partial charge is 0.207 e. The van der Waals surface area contributed by atoms with E-state index >= 15 is 0 Å². The van der Waals surface area contributed by atoms with E-state index in [9.17, 15) is 0 Å². The van der Waals surface area contributed by atoms with Gasteiger partial charge in [-0.05, 0) is 31.7 Å². The fourth-order valence-corrected chi connectivity index (χ4v) is 2.60. The van der Waals surface area contributed by atoms with Gasteiger partial charge in [0.25, 0.3) is 0 Å². The molecule has 0 aliphatic heterocycles. The second-order valence-corrected chi connectivity index (χ2v) is 5.38. The number of hydrogen-bond acceptors (Lipinski definition) is 3. The normalized spacial score (nSPS) is 10.7. The first-order chi connectivity index (χ1) is 9.26. The summed E-state index contributed by atoms with van der Waals surface area (Å²) in [5.41, 5.74) is 2.23. The van der Waals surface area contributed by atoms with Crippen LogP contribution < -0.4 is 5.32 Å². The molecule has 19 heavy (non-hydrogen) atoms. The molecular weight excluding hydrogens is 254 g/mol. The van der Waals surface area contributed by atoms with E-state index in [2.05, 4.69) is 58.5 Å². The Kier molecular flexibility index (Phi) is 4.91. The van der Waals surface area contributed by atoms with E-state index in [1.165, 1.54) is 17.0 Å². The lowest BCUT2D eigenvalue weighted by Gasteiger charge is -2.12. The van der Waals surface area contributed by atoms with Crippen molar-refractivity contribution in [1.82, 2.24) is 9.55 Å². The molecule has 0 atom stereocenters. The summed E-state index contributed by atoms with van der Waals surface area (Å²) in [6.45, 7) is 5.19. The molecular formula is C15H21N3S. The lowest BCUT2D eigenvalue weighted by Crippen LogP contribution is -2.07. The van der Waals surface area contributed by atoms with Crippen molar-refractivity contribution in [2.75, 3.05) is 18.1 Å². The van der Waals surface area contributed by atoms with Crippen LogP contribution in [0.25, 0.3) is 5.69 Å². The van der Waals surface area contributed by atoms with Gasteiger partial charge in [0.05, 0.1) is 11.4 Å². The molecule has 1 aromatic carbocycles. The fourth-order valence-electron chi connectivity index (χ4n) is 2.01. The van der Waals surface area contributed by atoms with Gasteiger partial charge in [0, 0.05) is 17.6 Å². The highest BCUT2D eigenvalue weighted by atomic mass is 32.2. The number of nitrogens with zero attached hydrogens (tertiary/aromatic N) is 2. The Balaban J connectivity index is 2.33. The van der Waals surface area contributed by atoms with Crippen LogP contribution in [-0.2, 0) is 0 Å². The minimum Gasteiger partial charge on any atom is -0.355 e. The molecule has 0 aliphatic carbocycles. The van der Waals surface area contributed by atoms with Crippen LogP contribution in [0.2, 0.25) is 0 Å². The van der Waals surface area contributed by atoms with E-state index in [1.807, 2.05) is 6.92 Å². The number of hydrogen-bond donors (Lipinski definition) is 1. The molecule has 0 bridgehead atoms. The number of benzene rings is 1. The molecule has 4 heteroatoms. The first kappa shape index (κ1) is 14.0. The number of rotatable bonds is 6. The Morgan fingerprint density at radius 3 is 2.84 bits per heavy atom. The topological polar surface area (TPSA) is 29.9 Å². The molecule has 0 amide bonds. The Bertz CT molecular complexity index is 534. The first-order valence-corrected chi connectivity index (χ1v) is 7.92. The van der Waals surface area contributed by atoms with Crippen molar-refractivity contribution < 1.29 is 0 Å². The molecule has 0 unspecified atom stereocenters. The summed E-state index contributed by atoms with van der Waals surface area (Å²) in [6, 6.07) is 8.42. The summed E-state index contributed by atoms with van der Waals surface area (Å²) in [5, 5.41) is 3.43. The molecule has 0 aliphatic rings. The number of imidazole rings is 1. The molecule has 0 saturated carbocycles. The van der Waals surface area contributed by atoms with Crippen molar-refractivity contribution in [2.24, 2.45) is 0 Å². The van der Waals surface area contributed by atoms with Gasteiger partial charge in [-0.15, -0.1) is 11.8 Å². The predicted octanol–water partition coefficient (Wildman–Crippen LogP) is 4.11. The number of para-hydroxylation sites is 1. The molecule has 0 radical (unpaired) electrons. The largest absolute Gasteiger partial charge is 0.355 e. The van der Waals surface area contributed by atoms with E-state index in [0.29, 0.717) is 0 Å². The molecule has 3 nitrogen and oxygen atoms in total. The van der Waals surface area contributed by atoms with Crippen molar-refractivity contribution in [3.05, 3.63) is 36.2 Å². The van der Waals surface area contributed by atoms with E-state index in [0.717, 1.165) is 24.6 Å². The van der Waals surface area contributed by atoms with Gasteiger partial charge in [0.15, 0.2) is 0 Å². The lowest BCUT2D eigenvalue weighted by molar-refractivity contribution is 0.822. The van der Waals surface area contributed by atoms with Gasteiger partial charge in [-0.1, -0.05) is 25.5 Å². The minimum absolute atomic E-state index is 0.937. The molecule has 102 valence electrons. The van der Waals surface area contributed by atoms with Crippen LogP contribution in [0.5, 0.6) is 0 Å². The molecule has 2 rings (SSSR count). The molecule has 0 fully saturated rings. The zero-order valence-corrected chi connectivity index (χ0v) is 12.6. The SMILES string of the molecule is CCCCNc1nc(C)cn1-c1ccccc1SC. The van der Waals surface area contributed by atoms with Crippen molar-refractivity contribution in [2.45, 2.75) is 31.6 Å². The van der Waals surface area contributed by atoms with Gasteiger partial charge in [-0.25, -0.2) is 4.98 Å². The second kappa shape index (κ2) is 6.66. The quantitative estimate of drug-likeness (QED) is 0.635. The van der Waals surface area contributed by atoms with Gasteiger partial charge in [-0.3, -0.25) is 4.57 Å². The van der Waals surface area contributed by atoms with E-state index < -0.39 is 0 Å². The Hall–Kier alpha value is -1.42. The third kappa shape index (κ3) is 3.32. The van der Waals surface area contributed by atoms with Gasteiger partial charge in [0.2, 0.25) is 5.95 Å². The van der Waals surface area contributed by atoms with Crippen LogP contribution in [0.15, 0.2) is 35.4 Å².